The van der Waals surface area contributed by atoms with Crippen molar-refractivity contribution in [1.29, 1.82) is 0 Å². The van der Waals surface area contributed by atoms with E-state index in [4.69, 9.17) is 0 Å². The van der Waals surface area contributed by atoms with Gasteiger partial charge in [0.05, 0.1) is 11.8 Å². The highest BCUT2D eigenvalue weighted by atomic mass is 79.9. The number of hydrogen-bond acceptors (Lipinski definition) is 2. The summed E-state index contributed by atoms with van der Waals surface area (Å²) in [5.41, 5.74) is 2.86. The summed E-state index contributed by atoms with van der Waals surface area (Å²) in [7, 11) is 1.79. The van der Waals surface area contributed by atoms with Crippen molar-refractivity contribution in [3.63, 3.8) is 0 Å². The number of carbonyl (C=O) groups excluding carboxylic acids is 1. The van der Waals surface area contributed by atoms with Crippen molar-refractivity contribution in [3.8, 4) is 0 Å². The molecule has 4 nitrogen and oxygen atoms in total. The van der Waals surface area contributed by atoms with Gasteiger partial charge in [0.2, 0.25) is 0 Å². The first-order chi connectivity index (χ1) is 8.69. The molecule has 5 heteroatoms. The summed E-state index contributed by atoms with van der Waals surface area (Å²) in [5, 5.41) is 7.66. The first-order valence-corrected chi connectivity index (χ1v) is 6.72. The van der Waals surface area contributed by atoms with Gasteiger partial charge in [-0.3, -0.25) is 9.48 Å². The number of carbonyl (C=O) groups is 1. The molecule has 1 N–H and O–H groups in total. The predicted molar refractivity (Wildman–Crippen MR) is 73.5 cm³/mol. The zero-order valence-electron chi connectivity index (χ0n) is 10.1. The average Bonchev–Trinajstić information content (AvgIpc) is 2.83. The fourth-order valence-corrected chi connectivity index (χ4v) is 1.99. The SMILES string of the molecule is Cn1cc(C(=O)NCc2cccc(CBr)c2)cn1. The summed E-state index contributed by atoms with van der Waals surface area (Å²) in [6.45, 7) is 0.522. The van der Waals surface area contributed by atoms with E-state index in [1.54, 1.807) is 24.1 Å². The number of hydrogen-bond donors (Lipinski definition) is 1. The van der Waals surface area contributed by atoms with Gasteiger partial charge in [-0.05, 0) is 11.1 Å². The van der Waals surface area contributed by atoms with Crippen LogP contribution in [0.2, 0.25) is 0 Å². The number of nitrogens with one attached hydrogen (secondary N) is 1. The molecule has 1 aromatic carbocycles. The number of amides is 1. The Morgan fingerprint density at radius 1 is 1.44 bits per heavy atom. The van der Waals surface area contributed by atoms with E-state index < -0.39 is 0 Å². The fraction of sp³-hybridized carbons (Fsp3) is 0.231. The van der Waals surface area contributed by atoms with Crippen molar-refractivity contribution in [2.75, 3.05) is 0 Å². The van der Waals surface area contributed by atoms with Crippen molar-refractivity contribution in [2.24, 2.45) is 7.05 Å². The summed E-state index contributed by atoms with van der Waals surface area (Å²) < 4.78 is 1.61. The Morgan fingerprint density at radius 2 is 2.22 bits per heavy atom. The number of benzene rings is 1. The van der Waals surface area contributed by atoms with Gasteiger partial charge >= 0.3 is 0 Å². The first kappa shape index (κ1) is 12.8. The Bertz CT molecular complexity index is 551. The maximum Gasteiger partial charge on any atom is 0.254 e. The number of nitrogens with zero attached hydrogens (tertiary/aromatic N) is 2. The molecule has 0 fully saturated rings. The lowest BCUT2D eigenvalue weighted by Gasteiger charge is -2.05. The van der Waals surface area contributed by atoms with Crippen molar-refractivity contribution < 1.29 is 4.79 Å². The third kappa shape index (κ3) is 3.20. The van der Waals surface area contributed by atoms with Crippen molar-refractivity contribution in [2.45, 2.75) is 11.9 Å². The van der Waals surface area contributed by atoms with Crippen LogP contribution in [0.3, 0.4) is 0 Å². The maximum absolute atomic E-state index is 11.8. The molecule has 1 heterocycles. The van der Waals surface area contributed by atoms with Crippen LogP contribution in [0, 0.1) is 0 Å². The summed E-state index contributed by atoms with van der Waals surface area (Å²) in [6.07, 6.45) is 3.26. The molecule has 0 aliphatic carbocycles. The molecular weight excluding hydrogens is 294 g/mol. The zero-order chi connectivity index (χ0) is 13.0. The molecule has 0 aliphatic heterocycles. The van der Waals surface area contributed by atoms with E-state index in [2.05, 4.69) is 32.4 Å². The Morgan fingerprint density at radius 3 is 2.89 bits per heavy atom. The van der Waals surface area contributed by atoms with Gasteiger partial charge in [-0.25, -0.2) is 0 Å². The number of rotatable bonds is 4. The van der Waals surface area contributed by atoms with Crippen LogP contribution in [0.1, 0.15) is 21.5 Å². The van der Waals surface area contributed by atoms with Gasteiger partial charge in [-0.1, -0.05) is 40.2 Å². The molecule has 0 aliphatic rings. The van der Waals surface area contributed by atoms with Crippen molar-refractivity contribution in [3.05, 3.63) is 53.3 Å². The summed E-state index contributed by atoms with van der Waals surface area (Å²) in [6, 6.07) is 8.09. The van der Waals surface area contributed by atoms with Gasteiger partial charge in [0.25, 0.3) is 5.91 Å². The van der Waals surface area contributed by atoms with Crippen LogP contribution >= 0.6 is 15.9 Å². The van der Waals surface area contributed by atoms with E-state index in [0.717, 1.165) is 10.9 Å². The molecule has 0 spiro atoms. The van der Waals surface area contributed by atoms with Gasteiger partial charge in [-0.15, -0.1) is 0 Å². The molecule has 0 saturated carbocycles. The van der Waals surface area contributed by atoms with Gasteiger partial charge in [0.15, 0.2) is 0 Å². The predicted octanol–water partition coefficient (Wildman–Crippen LogP) is 2.25. The molecule has 0 atom stereocenters. The normalized spacial score (nSPS) is 10.3. The first-order valence-electron chi connectivity index (χ1n) is 5.59. The minimum atomic E-state index is -0.104. The zero-order valence-corrected chi connectivity index (χ0v) is 11.6. The molecule has 94 valence electrons. The minimum Gasteiger partial charge on any atom is -0.348 e. The molecule has 0 unspecified atom stereocenters. The molecule has 0 saturated heterocycles. The molecular formula is C13H14BrN3O. The van der Waals surface area contributed by atoms with E-state index in [9.17, 15) is 4.79 Å². The van der Waals surface area contributed by atoms with Crippen LogP contribution in [0.5, 0.6) is 0 Å². The number of halogens is 1. The fourth-order valence-electron chi connectivity index (χ4n) is 1.65. The van der Waals surface area contributed by atoms with Crippen LogP contribution < -0.4 is 5.32 Å². The smallest absolute Gasteiger partial charge is 0.254 e. The number of alkyl halides is 1. The van der Waals surface area contributed by atoms with Crippen LogP contribution in [0.15, 0.2) is 36.7 Å². The Hall–Kier alpha value is -1.62. The lowest BCUT2D eigenvalue weighted by Crippen LogP contribution is -2.22. The van der Waals surface area contributed by atoms with Crippen LogP contribution in [-0.2, 0) is 18.9 Å². The monoisotopic (exact) mass is 307 g/mol. The lowest BCUT2D eigenvalue weighted by atomic mass is 10.1. The molecule has 2 rings (SSSR count). The second-order valence-corrected chi connectivity index (χ2v) is 4.60. The van der Waals surface area contributed by atoms with Gasteiger partial charge < -0.3 is 5.32 Å². The highest BCUT2D eigenvalue weighted by Gasteiger charge is 2.07. The molecule has 2 aromatic rings. The number of aryl methyl sites for hydroxylation is 1. The Labute approximate surface area is 114 Å². The molecule has 1 amide bonds. The summed E-state index contributed by atoms with van der Waals surface area (Å²) in [5.74, 6) is -0.104. The second-order valence-electron chi connectivity index (χ2n) is 4.04. The molecule has 0 radical (unpaired) electrons. The standard InChI is InChI=1S/C13H14BrN3O/c1-17-9-12(8-16-17)13(18)15-7-11-4-2-3-10(5-11)6-14/h2-5,8-9H,6-7H2,1H3,(H,15,18). The van der Waals surface area contributed by atoms with Crippen LogP contribution in [0.4, 0.5) is 0 Å². The van der Waals surface area contributed by atoms with E-state index in [1.807, 2.05) is 18.2 Å². The van der Waals surface area contributed by atoms with Crippen molar-refractivity contribution in [1.82, 2.24) is 15.1 Å². The van der Waals surface area contributed by atoms with Gasteiger partial charge in [-0.2, -0.15) is 5.10 Å². The summed E-state index contributed by atoms with van der Waals surface area (Å²) >= 11 is 3.41. The van der Waals surface area contributed by atoms with E-state index in [-0.39, 0.29) is 5.91 Å². The van der Waals surface area contributed by atoms with Gasteiger partial charge in [0.1, 0.15) is 0 Å². The highest BCUT2D eigenvalue weighted by molar-refractivity contribution is 9.08. The average molecular weight is 308 g/mol. The molecule has 18 heavy (non-hydrogen) atoms. The quantitative estimate of drug-likeness (QED) is 0.881. The van der Waals surface area contributed by atoms with E-state index in [1.165, 1.54) is 5.56 Å². The third-order valence-electron chi connectivity index (χ3n) is 2.57. The highest BCUT2D eigenvalue weighted by Crippen LogP contribution is 2.09. The van der Waals surface area contributed by atoms with Crippen molar-refractivity contribution >= 4 is 21.8 Å². The third-order valence-corrected chi connectivity index (χ3v) is 3.21. The molecule has 0 bridgehead atoms. The maximum atomic E-state index is 11.8. The van der Waals surface area contributed by atoms with E-state index in [0.29, 0.717) is 12.1 Å². The van der Waals surface area contributed by atoms with Crippen LogP contribution in [0.25, 0.3) is 0 Å². The Balaban J connectivity index is 1.97. The largest absolute Gasteiger partial charge is 0.348 e. The van der Waals surface area contributed by atoms with Crippen LogP contribution in [-0.4, -0.2) is 15.7 Å². The lowest BCUT2D eigenvalue weighted by molar-refractivity contribution is 0.0951. The van der Waals surface area contributed by atoms with Gasteiger partial charge in [0, 0.05) is 25.1 Å². The summed E-state index contributed by atoms with van der Waals surface area (Å²) in [4.78, 5) is 11.8. The Kier molecular flexibility index (Phi) is 4.15. The van der Waals surface area contributed by atoms with E-state index >= 15 is 0 Å². The second kappa shape index (κ2) is 5.82. The molecule has 1 aromatic heterocycles. The number of aromatic nitrogens is 2. The minimum absolute atomic E-state index is 0.104. The topological polar surface area (TPSA) is 46.9 Å².